The molecule has 0 bridgehead atoms. The first-order chi connectivity index (χ1) is 9.60. The van der Waals surface area contributed by atoms with Gasteiger partial charge in [0.15, 0.2) is 0 Å². The van der Waals surface area contributed by atoms with E-state index < -0.39 is 0 Å². The first kappa shape index (κ1) is 13.9. The second-order valence-corrected chi connectivity index (χ2v) is 4.36. The number of carbonyl (C=O) groups excluding carboxylic acids is 1. The highest BCUT2D eigenvalue weighted by molar-refractivity contribution is 6.08. The third-order valence-electron chi connectivity index (χ3n) is 2.78. The van der Waals surface area contributed by atoms with Crippen molar-refractivity contribution in [3.05, 3.63) is 53.6 Å². The zero-order valence-electron chi connectivity index (χ0n) is 11.1. The molecule has 1 amide bonds. The maximum Gasteiger partial charge on any atom is 0.257 e. The summed E-state index contributed by atoms with van der Waals surface area (Å²) in [5.74, 6) is -0.370. The normalized spacial score (nSPS) is 10.2. The lowest BCUT2D eigenvalue weighted by molar-refractivity contribution is 0.102. The van der Waals surface area contributed by atoms with Crippen molar-refractivity contribution >= 4 is 17.3 Å². The van der Waals surface area contributed by atoms with Gasteiger partial charge in [0.2, 0.25) is 0 Å². The predicted molar refractivity (Wildman–Crippen MR) is 77.6 cm³/mol. The molecular weight excluding hydrogens is 256 g/mol. The standard InChI is InChI=1S/C15H16N2O3/c1-20-9-10-3-2-4-11(7-10)17-15(19)13-8-12(18)5-6-14(13)16/h2-8,18H,9,16H2,1H3,(H,17,19). The Bertz CT molecular complexity index is 626. The van der Waals surface area contributed by atoms with Gasteiger partial charge in [-0.05, 0) is 35.9 Å². The molecule has 2 aromatic carbocycles. The highest BCUT2D eigenvalue weighted by atomic mass is 16.5. The van der Waals surface area contributed by atoms with E-state index in [4.69, 9.17) is 10.5 Å². The van der Waals surface area contributed by atoms with E-state index in [2.05, 4.69) is 5.32 Å². The number of ether oxygens (including phenoxy) is 1. The zero-order chi connectivity index (χ0) is 14.5. The number of anilines is 2. The molecule has 0 spiro atoms. The number of carbonyl (C=O) groups is 1. The Hall–Kier alpha value is -2.53. The number of benzene rings is 2. The van der Waals surface area contributed by atoms with Crippen molar-refractivity contribution in [1.29, 1.82) is 0 Å². The molecule has 0 aromatic heterocycles. The van der Waals surface area contributed by atoms with Crippen LogP contribution in [0, 0.1) is 0 Å². The molecule has 5 nitrogen and oxygen atoms in total. The van der Waals surface area contributed by atoms with Crippen LogP contribution in [0.25, 0.3) is 0 Å². The molecular formula is C15H16N2O3. The Kier molecular flexibility index (Phi) is 4.22. The van der Waals surface area contributed by atoms with Crippen LogP contribution < -0.4 is 11.1 Å². The van der Waals surface area contributed by atoms with Crippen LogP contribution in [0.2, 0.25) is 0 Å². The molecule has 0 aliphatic rings. The second-order valence-electron chi connectivity index (χ2n) is 4.36. The molecule has 20 heavy (non-hydrogen) atoms. The fraction of sp³-hybridized carbons (Fsp3) is 0.133. The van der Waals surface area contributed by atoms with Crippen molar-refractivity contribution in [1.82, 2.24) is 0 Å². The van der Waals surface area contributed by atoms with Crippen LogP contribution in [0.1, 0.15) is 15.9 Å². The first-order valence-corrected chi connectivity index (χ1v) is 6.08. The number of phenols is 1. The minimum absolute atomic E-state index is 0.00233. The maximum atomic E-state index is 12.1. The number of methoxy groups -OCH3 is 1. The van der Waals surface area contributed by atoms with Gasteiger partial charge in [0.1, 0.15) is 5.75 Å². The zero-order valence-corrected chi connectivity index (χ0v) is 11.1. The van der Waals surface area contributed by atoms with Crippen LogP contribution in [0.3, 0.4) is 0 Å². The summed E-state index contributed by atoms with van der Waals surface area (Å²) in [4.78, 5) is 12.1. The number of nitrogens with two attached hydrogens (primary N) is 1. The van der Waals surface area contributed by atoms with Gasteiger partial charge in [0.25, 0.3) is 5.91 Å². The van der Waals surface area contributed by atoms with Crippen LogP contribution in [0.4, 0.5) is 11.4 Å². The lowest BCUT2D eigenvalue weighted by atomic mass is 10.1. The van der Waals surface area contributed by atoms with Gasteiger partial charge in [-0.25, -0.2) is 0 Å². The van der Waals surface area contributed by atoms with Gasteiger partial charge in [-0.1, -0.05) is 12.1 Å². The number of nitrogen functional groups attached to an aromatic ring is 1. The van der Waals surface area contributed by atoms with E-state index in [-0.39, 0.29) is 17.2 Å². The lowest BCUT2D eigenvalue weighted by Crippen LogP contribution is -2.14. The minimum atomic E-state index is -0.368. The van der Waals surface area contributed by atoms with E-state index in [0.717, 1.165) is 5.56 Å². The smallest absolute Gasteiger partial charge is 0.257 e. The van der Waals surface area contributed by atoms with Gasteiger partial charge in [-0.15, -0.1) is 0 Å². The van der Waals surface area contributed by atoms with E-state index in [0.29, 0.717) is 18.0 Å². The molecule has 0 saturated carbocycles. The molecule has 0 heterocycles. The third-order valence-corrected chi connectivity index (χ3v) is 2.78. The summed E-state index contributed by atoms with van der Waals surface area (Å²) in [6.07, 6.45) is 0. The molecule has 104 valence electrons. The number of rotatable bonds is 4. The van der Waals surface area contributed by atoms with E-state index in [1.165, 1.54) is 18.2 Å². The molecule has 0 atom stereocenters. The average Bonchev–Trinajstić information content (AvgIpc) is 2.42. The van der Waals surface area contributed by atoms with Gasteiger partial charge in [0, 0.05) is 18.5 Å². The minimum Gasteiger partial charge on any atom is -0.508 e. The number of hydrogen-bond donors (Lipinski definition) is 3. The third kappa shape index (κ3) is 3.27. The topological polar surface area (TPSA) is 84.6 Å². The van der Waals surface area contributed by atoms with Crippen molar-refractivity contribution in [2.24, 2.45) is 0 Å². The fourth-order valence-corrected chi connectivity index (χ4v) is 1.84. The summed E-state index contributed by atoms with van der Waals surface area (Å²) in [6.45, 7) is 0.470. The van der Waals surface area contributed by atoms with Crippen LogP contribution in [-0.2, 0) is 11.3 Å². The van der Waals surface area contributed by atoms with Crippen molar-refractivity contribution in [2.45, 2.75) is 6.61 Å². The van der Waals surface area contributed by atoms with Crippen molar-refractivity contribution in [2.75, 3.05) is 18.2 Å². The van der Waals surface area contributed by atoms with E-state index >= 15 is 0 Å². The first-order valence-electron chi connectivity index (χ1n) is 6.08. The Labute approximate surface area is 117 Å². The second kappa shape index (κ2) is 6.08. The van der Waals surface area contributed by atoms with Crippen molar-refractivity contribution in [3.63, 3.8) is 0 Å². The molecule has 5 heteroatoms. The van der Waals surface area contributed by atoms with Gasteiger partial charge in [-0.3, -0.25) is 4.79 Å². The van der Waals surface area contributed by atoms with Crippen LogP contribution >= 0.6 is 0 Å². The number of aromatic hydroxyl groups is 1. The van der Waals surface area contributed by atoms with Crippen molar-refractivity contribution < 1.29 is 14.6 Å². The molecule has 2 rings (SSSR count). The van der Waals surface area contributed by atoms with Crippen LogP contribution in [0.5, 0.6) is 5.75 Å². The Balaban J connectivity index is 2.19. The number of nitrogens with one attached hydrogen (secondary N) is 1. The summed E-state index contributed by atoms with van der Waals surface area (Å²) >= 11 is 0. The molecule has 2 aromatic rings. The van der Waals surface area contributed by atoms with E-state index in [9.17, 15) is 9.90 Å². The van der Waals surface area contributed by atoms with E-state index in [1.54, 1.807) is 13.2 Å². The summed E-state index contributed by atoms with van der Waals surface area (Å²) in [6, 6.07) is 11.6. The quantitative estimate of drug-likeness (QED) is 0.589. The Morgan fingerprint density at radius 3 is 2.85 bits per heavy atom. The lowest BCUT2D eigenvalue weighted by Gasteiger charge is -2.09. The summed E-state index contributed by atoms with van der Waals surface area (Å²) in [5, 5.41) is 12.2. The fourth-order valence-electron chi connectivity index (χ4n) is 1.84. The molecule has 0 fully saturated rings. The van der Waals surface area contributed by atoms with Crippen molar-refractivity contribution in [3.8, 4) is 5.75 Å². The molecule has 0 aliphatic heterocycles. The van der Waals surface area contributed by atoms with Gasteiger partial charge in [0.05, 0.1) is 12.2 Å². The molecule has 4 N–H and O–H groups in total. The van der Waals surface area contributed by atoms with Gasteiger partial charge >= 0.3 is 0 Å². The molecule has 0 aliphatic carbocycles. The molecule has 0 unspecified atom stereocenters. The summed E-state index contributed by atoms with van der Waals surface area (Å²) in [7, 11) is 1.61. The Morgan fingerprint density at radius 2 is 2.10 bits per heavy atom. The number of amides is 1. The highest BCUT2D eigenvalue weighted by Crippen LogP contribution is 2.20. The summed E-state index contributed by atoms with van der Waals surface area (Å²) in [5.41, 5.74) is 7.88. The predicted octanol–water partition coefficient (Wildman–Crippen LogP) is 2.37. The molecule has 0 radical (unpaired) electrons. The SMILES string of the molecule is COCc1cccc(NC(=O)c2cc(O)ccc2N)c1. The molecule has 0 saturated heterocycles. The maximum absolute atomic E-state index is 12.1. The van der Waals surface area contributed by atoms with Gasteiger partial charge in [-0.2, -0.15) is 0 Å². The monoisotopic (exact) mass is 272 g/mol. The van der Waals surface area contributed by atoms with Crippen LogP contribution in [-0.4, -0.2) is 18.1 Å². The highest BCUT2D eigenvalue weighted by Gasteiger charge is 2.11. The largest absolute Gasteiger partial charge is 0.508 e. The number of hydrogen-bond acceptors (Lipinski definition) is 4. The van der Waals surface area contributed by atoms with Gasteiger partial charge < -0.3 is 20.9 Å². The number of phenolic OH excluding ortho intramolecular Hbond substituents is 1. The average molecular weight is 272 g/mol. The Morgan fingerprint density at radius 1 is 1.30 bits per heavy atom. The van der Waals surface area contributed by atoms with E-state index in [1.807, 2.05) is 18.2 Å². The van der Waals surface area contributed by atoms with Crippen LogP contribution in [0.15, 0.2) is 42.5 Å². The summed E-state index contributed by atoms with van der Waals surface area (Å²) < 4.78 is 5.04.